The molecule has 0 unspecified atom stereocenters. The van der Waals surface area contributed by atoms with Crippen molar-refractivity contribution >= 4 is 41.7 Å². The molecule has 27 heavy (non-hydrogen) atoms. The molecule has 1 aliphatic rings. The number of guanidine groups is 1. The topological polar surface area (TPSA) is 92.1 Å². The zero-order valence-corrected chi connectivity index (χ0v) is 18.9. The quantitative estimate of drug-likeness (QED) is 0.283. The van der Waals surface area contributed by atoms with E-state index in [0.29, 0.717) is 38.0 Å². The summed E-state index contributed by atoms with van der Waals surface area (Å²) in [6, 6.07) is 0. The minimum absolute atomic E-state index is 0. The molecule has 0 spiro atoms. The molecular weight excluding hydrogens is 463 g/mol. The van der Waals surface area contributed by atoms with Gasteiger partial charge in [0.25, 0.3) is 5.56 Å². The van der Waals surface area contributed by atoms with Crippen LogP contribution in [0.1, 0.15) is 20.8 Å². The number of ether oxygens (including phenoxy) is 1. The van der Waals surface area contributed by atoms with Crippen molar-refractivity contribution in [2.45, 2.75) is 26.4 Å². The Morgan fingerprint density at radius 2 is 1.93 bits per heavy atom. The van der Waals surface area contributed by atoms with Gasteiger partial charge in [-0.25, -0.2) is 4.98 Å². The number of piperazine rings is 1. The Balaban J connectivity index is 0.00000364. The maximum Gasteiger partial charge on any atom is 0.325 e. The van der Waals surface area contributed by atoms with E-state index in [1.807, 2.05) is 30.6 Å². The van der Waals surface area contributed by atoms with E-state index in [1.54, 1.807) is 26.5 Å². The number of nitrogens with zero attached hydrogens (tertiary/aromatic N) is 5. The standard InChI is InChI=1S/C17H28N6O3.HI/c1-17(2,3)26-13(24)12-20-16(18-4)23-10-8-22(9-11-23)14-15(25)21(5)7-6-19-14;/h6-7H,8-12H2,1-5H3,(H,18,20);1H. The van der Waals surface area contributed by atoms with Gasteiger partial charge in [0.2, 0.25) is 0 Å². The van der Waals surface area contributed by atoms with E-state index < -0.39 is 5.60 Å². The van der Waals surface area contributed by atoms with Crippen molar-refractivity contribution in [3.8, 4) is 0 Å². The highest BCUT2D eigenvalue weighted by Crippen LogP contribution is 2.09. The summed E-state index contributed by atoms with van der Waals surface area (Å²) < 4.78 is 6.81. The van der Waals surface area contributed by atoms with E-state index in [0.717, 1.165) is 0 Å². The molecular formula is C17H29IN6O3. The minimum Gasteiger partial charge on any atom is -0.459 e. The molecule has 0 bridgehead atoms. The maximum atomic E-state index is 12.2. The number of nitrogens with one attached hydrogen (secondary N) is 1. The van der Waals surface area contributed by atoms with Gasteiger partial charge < -0.3 is 24.4 Å². The molecule has 1 saturated heterocycles. The van der Waals surface area contributed by atoms with Crippen LogP contribution in [0.4, 0.5) is 5.82 Å². The Morgan fingerprint density at radius 1 is 1.30 bits per heavy atom. The van der Waals surface area contributed by atoms with E-state index >= 15 is 0 Å². The molecule has 10 heteroatoms. The predicted molar refractivity (Wildman–Crippen MR) is 116 cm³/mol. The van der Waals surface area contributed by atoms with Crippen LogP contribution < -0.4 is 15.8 Å². The van der Waals surface area contributed by atoms with E-state index in [1.165, 1.54) is 4.57 Å². The van der Waals surface area contributed by atoms with Gasteiger partial charge in [0.05, 0.1) is 0 Å². The number of aromatic nitrogens is 2. The van der Waals surface area contributed by atoms with Crippen LogP contribution in [-0.2, 0) is 16.6 Å². The van der Waals surface area contributed by atoms with Crippen molar-refractivity contribution in [3.63, 3.8) is 0 Å². The van der Waals surface area contributed by atoms with Crippen LogP contribution in [0.2, 0.25) is 0 Å². The Bertz CT molecular complexity index is 720. The predicted octanol–water partition coefficient (Wildman–Crippen LogP) is 0.437. The second-order valence-electron chi connectivity index (χ2n) is 7.13. The monoisotopic (exact) mass is 492 g/mol. The van der Waals surface area contributed by atoms with Gasteiger partial charge in [0.15, 0.2) is 11.8 Å². The third-order valence-electron chi connectivity index (χ3n) is 3.90. The SMILES string of the molecule is CN=C(NCC(=O)OC(C)(C)C)N1CCN(c2nccn(C)c2=O)CC1.I. The first-order chi connectivity index (χ1) is 12.2. The summed E-state index contributed by atoms with van der Waals surface area (Å²) in [5.41, 5.74) is -0.614. The second kappa shape index (κ2) is 9.90. The second-order valence-corrected chi connectivity index (χ2v) is 7.13. The van der Waals surface area contributed by atoms with E-state index in [4.69, 9.17) is 4.74 Å². The van der Waals surface area contributed by atoms with Crippen LogP contribution >= 0.6 is 24.0 Å². The molecule has 0 amide bonds. The largest absolute Gasteiger partial charge is 0.459 e. The normalized spacial score (nSPS) is 15.2. The van der Waals surface area contributed by atoms with Gasteiger partial charge in [0, 0.05) is 52.7 Å². The Hall–Kier alpha value is -1.85. The molecule has 0 radical (unpaired) electrons. The molecule has 1 aromatic rings. The number of esters is 1. The average molecular weight is 492 g/mol. The first kappa shape index (κ1) is 23.2. The highest BCUT2D eigenvalue weighted by atomic mass is 127. The van der Waals surface area contributed by atoms with Gasteiger partial charge in [0.1, 0.15) is 12.1 Å². The van der Waals surface area contributed by atoms with Crippen molar-refractivity contribution in [1.82, 2.24) is 19.8 Å². The van der Waals surface area contributed by atoms with Crippen LogP contribution in [-0.4, -0.2) is 71.8 Å². The lowest BCUT2D eigenvalue weighted by Gasteiger charge is -2.36. The summed E-state index contributed by atoms with van der Waals surface area (Å²) in [6.45, 7) is 8.22. The van der Waals surface area contributed by atoms with Crippen molar-refractivity contribution in [2.75, 3.05) is 44.7 Å². The van der Waals surface area contributed by atoms with Crippen molar-refractivity contribution in [2.24, 2.45) is 12.0 Å². The average Bonchev–Trinajstić information content (AvgIpc) is 2.57. The lowest BCUT2D eigenvalue weighted by Crippen LogP contribution is -2.54. The van der Waals surface area contributed by atoms with Gasteiger partial charge in [-0.05, 0) is 20.8 Å². The summed E-state index contributed by atoms with van der Waals surface area (Å²) in [6.07, 6.45) is 3.27. The summed E-state index contributed by atoms with van der Waals surface area (Å²) in [5, 5.41) is 3.04. The van der Waals surface area contributed by atoms with Gasteiger partial charge >= 0.3 is 5.97 Å². The van der Waals surface area contributed by atoms with Crippen LogP contribution in [0.25, 0.3) is 0 Å². The maximum absolute atomic E-state index is 12.2. The molecule has 0 saturated carbocycles. The smallest absolute Gasteiger partial charge is 0.325 e. The number of hydrogen-bond donors (Lipinski definition) is 1. The third-order valence-corrected chi connectivity index (χ3v) is 3.90. The van der Waals surface area contributed by atoms with E-state index in [-0.39, 0.29) is 42.0 Å². The van der Waals surface area contributed by atoms with Crippen LogP contribution in [0, 0.1) is 0 Å². The van der Waals surface area contributed by atoms with E-state index in [2.05, 4.69) is 15.3 Å². The number of aryl methyl sites for hydroxylation is 1. The third kappa shape index (κ3) is 6.67. The van der Waals surface area contributed by atoms with Crippen molar-refractivity contribution < 1.29 is 9.53 Å². The molecule has 2 rings (SSSR count). The number of carbonyl (C=O) groups excluding carboxylic acids is 1. The Labute approximate surface area is 176 Å². The highest BCUT2D eigenvalue weighted by molar-refractivity contribution is 14.0. The summed E-state index contributed by atoms with van der Waals surface area (Å²) in [5.74, 6) is 0.782. The summed E-state index contributed by atoms with van der Waals surface area (Å²) in [7, 11) is 3.39. The number of hydrogen-bond acceptors (Lipinski definition) is 6. The molecule has 0 atom stereocenters. The summed E-state index contributed by atoms with van der Waals surface area (Å²) >= 11 is 0. The first-order valence-electron chi connectivity index (χ1n) is 8.65. The fourth-order valence-corrected chi connectivity index (χ4v) is 2.69. The van der Waals surface area contributed by atoms with Crippen LogP contribution in [0.15, 0.2) is 22.2 Å². The fourth-order valence-electron chi connectivity index (χ4n) is 2.69. The highest BCUT2D eigenvalue weighted by Gasteiger charge is 2.23. The van der Waals surface area contributed by atoms with Gasteiger partial charge in [-0.3, -0.25) is 14.6 Å². The number of aliphatic imine (C=N–C) groups is 1. The zero-order chi connectivity index (χ0) is 19.3. The lowest BCUT2D eigenvalue weighted by molar-refractivity contribution is -0.153. The van der Waals surface area contributed by atoms with Crippen molar-refractivity contribution in [1.29, 1.82) is 0 Å². The molecule has 0 aliphatic carbocycles. The molecule has 1 fully saturated rings. The number of rotatable bonds is 3. The van der Waals surface area contributed by atoms with Gasteiger partial charge in [-0.15, -0.1) is 24.0 Å². The lowest BCUT2D eigenvalue weighted by atomic mass is 10.2. The zero-order valence-electron chi connectivity index (χ0n) is 16.6. The van der Waals surface area contributed by atoms with Crippen molar-refractivity contribution in [3.05, 3.63) is 22.7 Å². The number of carbonyl (C=O) groups is 1. The molecule has 2 heterocycles. The molecule has 0 aromatic carbocycles. The number of halogens is 1. The molecule has 152 valence electrons. The Kier molecular flexibility index (Phi) is 8.51. The molecule has 1 aromatic heterocycles. The van der Waals surface area contributed by atoms with Crippen LogP contribution in [0.5, 0.6) is 0 Å². The van der Waals surface area contributed by atoms with Crippen LogP contribution in [0.3, 0.4) is 0 Å². The fraction of sp³-hybridized carbons (Fsp3) is 0.647. The number of anilines is 1. The summed E-state index contributed by atoms with van der Waals surface area (Å²) in [4.78, 5) is 36.5. The van der Waals surface area contributed by atoms with Gasteiger partial charge in [-0.2, -0.15) is 0 Å². The van der Waals surface area contributed by atoms with E-state index in [9.17, 15) is 9.59 Å². The first-order valence-corrected chi connectivity index (χ1v) is 8.65. The Morgan fingerprint density at radius 3 is 2.48 bits per heavy atom. The molecule has 1 N–H and O–H groups in total. The molecule has 9 nitrogen and oxygen atoms in total. The minimum atomic E-state index is -0.511. The van der Waals surface area contributed by atoms with Gasteiger partial charge in [-0.1, -0.05) is 0 Å². The molecule has 1 aliphatic heterocycles.